The van der Waals surface area contributed by atoms with Crippen molar-refractivity contribution in [1.82, 2.24) is 4.98 Å². The molecule has 3 N–H and O–H groups in total. The number of carbonyl (C=O) groups excluding carboxylic acids is 1. The van der Waals surface area contributed by atoms with Crippen molar-refractivity contribution >= 4 is 6.09 Å². The second-order valence-electron chi connectivity index (χ2n) is 2.76. The molecule has 14 heavy (non-hydrogen) atoms. The lowest BCUT2D eigenvalue weighted by atomic mass is 10.1. The second kappa shape index (κ2) is 5.18. The summed E-state index contributed by atoms with van der Waals surface area (Å²) in [5.41, 5.74) is 5.49. The third-order valence-electron chi connectivity index (χ3n) is 1.75. The van der Waals surface area contributed by atoms with Crippen LogP contribution in [0.2, 0.25) is 0 Å². The van der Waals surface area contributed by atoms with E-state index in [1.807, 2.05) is 0 Å². The number of aliphatic hydroxyl groups excluding tert-OH is 1. The van der Waals surface area contributed by atoms with Gasteiger partial charge in [0.05, 0.1) is 12.5 Å². The average molecular weight is 196 g/mol. The smallest absolute Gasteiger partial charge is 0.404 e. The van der Waals surface area contributed by atoms with Crippen LogP contribution in [0.15, 0.2) is 24.4 Å². The lowest BCUT2D eigenvalue weighted by Crippen LogP contribution is -2.20. The monoisotopic (exact) mass is 196 g/mol. The number of pyridine rings is 1. The topological polar surface area (TPSA) is 85.4 Å². The minimum absolute atomic E-state index is 0.0445. The van der Waals surface area contributed by atoms with E-state index in [0.717, 1.165) is 0 Å². The Labute approximate surface area is 81.5 Å². The Kier molecular flexibility index (Phi) is 3.87. The molecular formula is C9H12N2O3. The van der Waals surface area contributed by atoms with Crippen molar-refractivity contribution in [2.75, 3.05) is 13.2 Å². The molecule has 0 saturated carbocycles. The minimum Gasteiger partial charge on any atom is -0.449 e. The lowest BCUT2D eigenvalue weighted by Gasteiger charge is -2.12. The molecular weight excluding hydrogens is 184 g/mol. The summed E-state index contributed by atoms with van der Waals surface area (Å²) in [5, 5.41) is 9.02. The Bertz CT molecular complexity index is 289. The molecule has 1 aromatic rings. The molecule has 0 spiro atoms. The molecule has 0 radical (unpaired) electrons. The fraction of sp³-hybridized carbons (Fsp3) is 0.333. The maximum absolute atomic E-state index is 10.3. The van der Waals surface area contributed by atoms with E-state index in [1.165, 1.54) is 0 Å². The largest absolute Gasteiger partial charge is 0.449 e. The molecule has 5 heteroatoms. The number of nitrogens with zero attached hydrogens (tertiary/aromatic N) is 1. The third-order valence-corrected chi connectivity index (χ3v) is 1.75. The summed E-state index contributed by atoms with van der Waals surface area (Å²) in [4.78, 5) is 14.4. The molecule has 0 aliphatic rings. The first-order valence-electron chi connectivity index (χ1n) is 4.18. The highest BCUT2D eigenvalue weighted by Gasteiger charge is 2.12. The average Bonchev–Trinajstić information content (AvgIpc) is 2.20. The number of carbonyl (C=O) groups is 1. The minimum atomic E-state index is -0.848. The molecule has 76 valence electrons. The number of ether oxygens (including phenoxy) is 1. The van der Waals surface area contributed by atoms with Crippen LogP contribution in [0, 0.1) is 0 Å². The van der Waals surface area contributed by atoms with E-state index in [-0.39, 0.29) is 19.1 Å². The molecule has 1 atom stereocenters. The maximum atomic E-state index is 10.3. The number of primary amides is 1. The normalized spacial score (nSPS) is 12.1. The van der Waals surface area contributed by atoms with Crippen molar-refractivity contribution in [2.45, 2.75) is 5.92 Å². The van der Waals surface area contributed by atoms with Crippen molar-refractivity contribution in [3.05, 3.63) is 30.1 Å². The number of amides is 1. The van der Waals surface area contributed by atoms with Gasteiger partial charge in [0.2, 0.25) is 0 Å². The zero-order chi connectivity index (χ0) is 10.4. The second-order valence-corrected chi connectivity index (χ2v) is 2.76. The summed E-state index contributed by atoms with van der Waals surface area (Å²) < 4.78 is 4.59. The first-order chi connectivity index (χ1) is 6.74. The maximum Gasteiger partial charge on any atom is 0.404 e. The van der Waals surface area contributed by atoms with Crippen LogP contribution in [0.25, 0.3) is 0 Å². The van der Waals surface area contributed by atoms with Gasteiger partial charge in [-0.2, -0.15) is 0 Å². The van der Waals surface area contributed by atoms with Gasteiger partial charge in [0.25, 0.3) is 0 Å². The summed E-state index contributed by atoms with van der Waals surface area (Å²) in [6, 6.07) is 5.33. The van der Waals surface area contributed by atoms with E-state index in [9.17, 15) is 4.79 Å². The zero-order valence-corrected chi connectivity index (χ0v) is 7.59. The molecule has 1 rings (SSSR count). The van der Waals surface area contributed by atoms with Gasteiger partial charge in [0.15, 0.2) is 0 Å². The van der Waals surface area contributed by atoms with E-state index >= 15 is 0 Å². The highest BCUT2D eigenvalue weighted by molar-refractivity contribution is 5.64. The van der Waals surface area contributed by atoms with E-state index in [2.05, 4.69) is 9.72 Å². The van der Waals surface area contributed by atoms with Crippen LogP contribution in [0.4, 0.5) is 4.79 Å². The Balaban J connectivity index is 2.58. The first kappa shape index (κ1) is 10.5. The summed E-state index contributed by atoms with van der Waals surface area (Å²) in [6.07, 6.45) is 0.766. The molecule has 0 bridgehead atoms. The number of rotatable bonds is 4. The predicted molar refractivity (Wildman–Crippen MR) is 49.6 cm³/mol. The fourth-order valence-corrected chi connectivity index (χ4v) is 1.03. The molecule has 5 nitrogen and oxygen atoms in total. The van der Waals surface area contributed by atoms with Crippen molar-refractivity contribution in [3.8, 4) is 0 Å². The summed E-state index contributed by atoms with van der Waals surface area (Å²) in [6.45, 7) is -0.0901. The standard InChI is InChI=1S/C9H12N2O3/c10-9(13)14-6-7(5-12)8-3-1-2-4-11-8/h1-4,7,12H,5-6H2,(H2,10,13)/t7-/m0/s1. The summed E-state index contributed by atoms with van der Waals surface area (Å²) in [7, 11) is 0. The van der Waals surface area contributed by atoms with Crippen LogP contribution in [0.3, 0.4) is 0 Å². The molecule has 0 unspecified atom stereocenters. The number of nitrogens with two attached hydrogens (primary N) is 1. The first-order valence-corrected chi connectivity index (χ1v) is 4.18. The van der Waals surface area contributed by atoms with Crippen LogP contribution in [-0.2, 0) is 4.74 Å². The molecule has 0 aliphatic carbocycles. The van der Waals surface area contributed by atoms with Crippen LogP contribution in [-0.4, -0.2) is 29.4 Å². The van der Waals surface area contributed by atoms with E-state index in [1.54, 1.807) is 24.4 Å². The van der Waals surface area contributed by atoms with Gasteiger partial charge >= 0.3 is 6.09 Å². The van der Waals surface area contributed by atoms with Crippen LogP contribution in [0.1, 0.15) is 11.6 Å². The van der Waals surface area contributed by atoms with E-state index < -0.39 is 6.09 Å². The Morgan fingerprint density at radius 2 is 2.43 bits per heavy atom. The SMILES string of the molecule is NC(=O)OC[C@H](CO)c1ccccn1. The van der Waals surface area contributed by atoms with Gasteiger partial charge < -0.3 is 15.6 Å². The highest BCUT2D eigenvalue weighted by atomic mass is 16.5. The Morgan fingerprint density at radius 3 is 2.93 bits per heavy atom. The van der Waals surface area contributed by atoms with Gasteiger partial charge in [0.1, 0.15) is 6.61 Å². The van der Waals surface area contributed by atoms with E-state index in [0.29, 0.717) is 5.69 Å². The fourth-order valence-electron chi connectivity index (χ4n) is 1.03. The van der Waals surface area contributed by atoms with Crippen molar-refractivity contribution in [1.29, 1.82) is 0 Å². The zero-order valence-electron chi connectivity index (χ0n) is 7.59. The molecule has 0 aromatic carbocycles. The quantitative estimate of drug-likeness (QED) is 0.722. The summed E-state index contributed by atoms with van der Waals surface area (Å²) in [5.74, 6) is -0.316. The van der Waals surface area contributed by atoms with Gasteiger partial charge in [-0.05, 0) is 12.1 Å². The van der Waals surface area contributed by atoms with Crippen LogP contribution in [0.5, 0.6) is 0 Å². The number of hydrogen-bond donors (Lipinski definition) is 2. The Morgan fingerprint density at radius 1 is 1.64 bits per heavy atom. The van der Waals surface area contributed by atoms with Crippen molar-refractivity contribution in [2.24, 2.45) is 5.73 Å². The molecule has 1 aromatic heterocycles. The molecule has 0 fully saturated rings. The van der Waals surface area contributed by atoms with Gasteiger partial charge in [-0.25, -0.2) is 4.79 Å². The third kappa shape index (κ3) is 3.02. The van der Waals surface area contributed by atoms with Crippen LogP contribution < -0.4 is 5.73 Å². The lowest BCUT2D eigenvalue weighted by molar-refractivity contribution is 0.132. The molecule has 1 amide bonds. The van der Waals surface area contributed by atoms with E-state index in [4.69, 9.17) is 10.8 Å². The summed E-state index contributed by atoms with van der Waals surface area (Å²) >= 11 is 0. The van der Waals surface area contributed by atoms with Gasteiger partial charge in [0, 0.05) is 11.9 Å². The number of hydrogen-bond acceptors (Lipinski definition) is 4. The van der Waals surface area contributed by atoms with Crippen molar-refractivity contribution < 1.29 is 14.6 Å². The molecule has 1 heterocycles. The van der Waals surface area contributed by atoms with Crippen molar-refractivity contribution in [3.63, 3.8) is 0 Å². The number of aromatic nitrogens is 1. The number of aliphatic hydroxyl groups is 1. The molecule has 0 aliphatic heterocycles. The Hall–Kier alpha value is -1.62. The van der Waals surface area contributed by atoms with Crippen LogP contribution >= 0.6 is 0 Å². The van der Waals surface area contributed by atoms with Gasteiger partial charge in [-0.1, -0.05) is 6.07 Å². The predicted octanol–water partition coefficient (Wildman–Crippen LogP) is 0.253. The highest BCUT2D eigenvalue weighted by Crippen LogP contribution is 2.11. The molecule has 0 saturated heterocycles. The van der Waals surface area contributed by atoms with Gasteiger partial charge in [-0.3, -0.25) is 4.98 Å². The van der Waals surface area contributed by atoms with Gasteiger partial charge in [-0.15, -0.1) is 0 Å².